The molecule has 202 valence electrons. The van der Waals surface area contributed by atoms with Crippen molar-refractivity contribution < 1.29 is 22.7 Å². The number of nitrogens with one attached hydrogen (secondary N) is 1. The van der Waals surface area contributed by atoms with Crippen LogP contribution in [-0.2, 0) is 6.18 Å². The molecule has 0 unspecified atom stereocenters. The molecular formula is C27H34ClF3N4O2. The van der Waals surface area contributed by atoms with Crippen LogP contribution in [0.4, 0.5) is 29.3 Å². The lowest BCUT2D eigenvalue weighted by Crippen LogP contribution is -2.50. The highest BCUT2D eigenvalue weighted by atomic mass is 35.5. The number of piperidine rings is 1. The average Bonchev–Trinajstić information content (AvgIpc) is 2.88. The molecule has 2 fully saturated rings. The minimum absolute atomic E-state index is 0.225. The van der Waals surface area contributed by atoms with E-state index in [0.717, 1.165) is 43.3 Å². The number of ether oxygens (including phenoxy) is 1. The summed E-state index contributed by atoms with van der Waals surface area (Å²) >= 11 is 5.75. The molecule has 0 spiro atoms. The number of piperazine rings is 1. The predicted octanol–water partition coefficient (Wildman–Crippen LogP) is 6.31. The van der Waals surface area contributed by atoms with Gasteiger partial charge in [0.2, 0.25) is 0 Å². The Labute approximate surface area is 221 Å². The fourth-order valence-electron chi connectivity index (χ4n) is 5.16. The van der Waals surface area contributed by atoms with Crippen molar-refractivity contribution in [1.82, 2.24) is 9.80 Å². The topological polar surface area (TPSA) is 48.1 Å². The Balaban J connectivity index is 1.37. The number of rotatable bonds is 5. The molecule has 10 heteroatoms. The normalized spacial score (nSPS) is 17.8. The maximum absolute atomic E-state index is 13.2. The third kappa shape index (κ3) is 6.44. The smallest absolute Gasteiger partial charge is 0.417 e. The summed E-state index contributed by atoms with van der Waals surface area (Å²) in [5, 5.41) is 2.68. The van der Waals surface area contributed by atoms with E-state index in [1.807, 2.05) is 23.1 Å². The van der Waals surface area contributed by atoms with Crippen LogP contribution in [0.2, 0.25) is 5.02 Å². The van der Waals surface area contributed by atoms with Gasteiger partial charge in [0, 0.05) is 43.6 Å². The second kappa shape index (κ2) is 11.4. The molecular weight excluding hydrogens is 505 g/mol. The first kappa shape index (κ1) is 27.4. The zero-order valence-corrected chi connectivity index (χ0v) is 22.2. The summed E-state index contributed by atoms with van der Waals surface area (Å²) in [5.74, 6) is 1.20. The molecule has 2 aliphatic heterocycles. The molecule has 0 saturated carbocycles. The molecule has 2 amide bonds. The van der Waals surface area contributed by atoms with Crippen molar-refractivity contribution in [3.05, 3.63) is 52.5 Å². The molecule has 0 atom stereocenters. The van der Waals surface area contributed by atoms with Gasteiger partial charge in [0.1, 0.15) is 5.75 Å². The van der Waals surface area contributed by atoms with E-state index in [4.69, 9.17) is 16.3 Å². The van der Waals surface area contributed by atoms with E-state index in [0.29, 0.717) is 49.5 Å². The summed E-state index contributed by atoms with van der Waals surface area (Å²) < 4.78 is 45.3. The maximum Gasteiger partial charge on any atom is 0.417 e. The highest BCUT2D eigenvalue weighted by Crippen LogP contribution is 2.38. The average molecular weight is 539 g/mol. The molecule has 1 N–H and O–H groups in total. The van der Waals surface area contributed by atoms with Crippen molar-refractivity contribution in [2.24, 2.45) is 0 Å². The molecule has 2 heterocycles. The van der Waals surface area contributed by atoms with Gasteiger partial charge < -0.3 is 24.8 Å². The number of carbonyl (C=O) groups is 1. The van der Waals surface area contributed by atoms with Crippen LogP contribution < -0.4 is 15.0 Å². The van der Waals surface area contributed by atoms with Crippen LogP contribution in [0.25, 0.3) is 0 Å². The molecule has 2 saturated heterocycles. The minimum Gasteiger partial charge on any atom is -0.496 e. The molecule has 4 rings (SSSR count). The Morgan fingerprint density at radius 3 is 2.30 bits per heavy atom. The van der Waals surface area contributed by atoms with E-state index in [9.17, 15) is 18.0 Å². The van der Waals surface area contributed by atoms with E-state index in [2.05, 4.69) is 24.1 Å². The summed E-state index contributed by atoms with van der Waals surface area (Å²) in [6, 6.07) is 9.97. The van der Waals surface area contributed by atoms with Gasteiger partial charge in [-0.2, -0.15) is 13.2 Å². The van der Waals surface area contributed by atoms with Crippen molar-refractivity contribution in [2.45, 2.75) is 44.8 Å². The van der Waals surface area contributed by atoms with Crippen LogP contribution >= 0.6 is 11.6 Å². The van der Waals surface area contributed by atoms with Gasteiger partial charge in [-0.1, -0.05) is 11.6 Å². The Kier molecular flexibility index (Phi) is 8.43. The number of urea groups is 1. The number of nitrogens with zero attached hydrogens (tertiary/aromatic N) is 3. The Hall–Kier alpha value is -2.65. The lowest BCUT2D eigenvalue weighted by atomic mass is 9.88. The van der Waals surface area contributed by atoms with Gasteiger partial charge in [0.15, 0.2) is 0 Å². The van der Waals surface area contributed by atoms with Gasteiger partial charge in [-0.15, -0.1) is 0 Å². The zero-order valence-electron chi connectivity index (χ0n) is 21.4. The number of likely N-dealkylation sites (tertiary alicyclic amines) is 1. The van der Waals surface area contributed by atoms with Crippen LogP contribution in [0.5, 0.6) is 5.75 Å². The Morgan fingerprint density at radius 1 is 1.03 bits per heavy atom. The molecule has 2 aliphatic rings. The SMILES string of the molecule is COc1ccc(NC(=O)N2CCN(c3ccc(Cl)c(C(F)(F)F)c3)CC2)cc1C1CCN(C(C)C)CC1. The third-order valence-electron chi connectivity index (χ3n) is 7.37. The number of alkyl halides is 3. The Bertz CT molecular complexity index is 1100. The lowest BCUT2D eigenvalue weighted by molar-refractivity contribution is -0.137. The van der Waals surface area contributed by atoms with Crippen LogP contribution in [-0.4, -0.2) is 68.3 Å². The number of carbonyl (C=O) groups excluding carboxylic acids is 1. The third-order valence-corrected chi connectivity index (χ3v) is 7.70. The number of amides is 2. The zero-order chi connectivity index (χ0) is 26.7. The van der Waals surface area contributed by atoms with Crippen LogP contribution in [0.1, 0.15) is 43.7 Å². The highest BCUT2D eigenvalue weighted by Gasteiger charge is 2.34. The predicted molar refractivity (Wildman–Crippen MR) is 141 cm³/mol. The second-order valence-corrected chi connectivity index (χ2v) is 10.3. The molecule has 0 radical (unpaired) electrons. The fourth-order valence-corrected chi connectivity index (χ4v) is 5.38. The van der Waals surface area contributed by atoms with Crippen molar-refractivity contribution in [1.29, 1.82) is 0 Å². The first-order chi connectivity index (χ1) is 17.6. The first-order valence-corrected chi connectivity index (χ1v) is 13.0. The van der Waals surface area contributed by atoms with Gasteiger partial charge in [0.05, 0.1) is 17.7 Å². The fraction of sp³-hybridized carbons (Fsp3) is 0.519. The Morgan fingerprint density at radius 2 is 1.70 bits per heavy atom. The number of hydrogen-bond donors (Lipinski definition) is 1. The minimum atomic E-state index is -4.52. The lowest BCUT2D eigenvalue weighted by Gasteiger charge is -2.36. The van der Waals surface area contributed by atoms with Crippen LogP contribution in [0.3, 0.4) is 0 Å². The summed E-state index contributed by atoms with van der Waals surface area (Å²) in [6.45, 7) is 8.13. The molecule has 0 bridgehead atoms. The van der Waals surface area contributed by atoms with Crippen molar-refractivity contribution >= 4 is 29.0 Å². The van der Waals surface area contributed by atoms with E-state index >= 15 is 0 Å². The number of anilines is 2. The second-order valence-electron chi connectivity index (χ2n) is 9.93. The van der Waals surface area contributed by atoms with E-state index < -0.39 is 11.7 Å². The summed E-state index contributed by atoms with van der Waals surface area (Å²) in [7, 11) is 1.66. The van der Waals surface area contributed by atoms with Crippen molar-refractivity contribution in [2.75, 3.05) is 56.6 Å². The van der Waals surface area contributed by atoms with Crippen LogP contribution in [0, 0.1) is 0 Å². The van der Waals surface area contributed by atoms with Gasteiger partial charge in [0.25, 0.3) is 0 Å². The van der Waals surface area contributed by atoms with Crippen LogP contribution in [0.15, 0.2) is 36.4 Å². The summed E-state index contributed by atoms with van der Waals surface area (Å²) in [4.78, 5) is 19.0. The van der Waals surface area contributed by atoms with E-state index in [-0.39, 0.29) is 11.1 Å². The van der Waals surface area contributed by atoms with E-state index in [1.54, 1.807) is 18.1 Å². The van der Waals surface area contributed by atoms with Crippen molar-refractivity contribution in [3.63, 3.8) is 0 Å². The standard InChI is InChI=1S/C27H34ClF3N4O2/c1-18(2)33-10-8-19(9-11-33)22-16-20(4-7-25(22)37-3)32-26(36)35-14-12-34(13-15-35)21-5-6-24(28)23(17-21)27(29,30)31/h4-7,16-19H,8-15H2,1-3H3,(H,32,36). The van der Waals surface area contributed by atoms with E-state index in [1.165, 1.54) is 6.07 Å². The number of benzene rings is 2. The molecule has 37 heavy (non-hydrogen) atoms. The largest absolute Gasteiger partial charge is 0.496 e. The number of methoxy groups -OCH3 is 1. The molecule has 0 aliphatic carbocycles. The highest BCUT2D eigenvalue weighted by molar-refractivity contribution is 6.31. The first-order valence-electron chi connectivity index (χ1n) is 12.7. The van der Waals surface area contributed by atoms with Crippen molar-refractivity contribution in [3.8, 4) is 5.75 Å². The summed E-state index contributed by atoms with van der Waals surface area (Å²) in [6.07, 6.45) is -2.44. The number of halogens is 4. The molecule has 2 aromatic rings. The van der Waals surface area contributed by atoms with Gasteiger partial charge in [-0.05, 0) is 87.7 Å². The molecule has 6 nitrogen and oxygen atoms in total. The van der Waals surface area contributed by atoms with Gasteiger partial charge >= 0.3 is 12.2 Å². The van der Waals surface area contributed by atoms with Gasteiger partial charge in [-0.3, -0.25) is 0 Å². The molecule has 0 aromatic heterocycles. The monoisotopic (exact) mass is 538 g/mol. The van der Waals surface area contributed by atoms with Gasteiger partial charge in [-0.25, -0.2) is 4.79 Å². The summed E-state index contributed by atoms with van der Waals surface area (Å²) in [5.41, 5.74) is 1.41. The molecule has 2 aromatic carbocycles. The maximum atomic E-state index is 13.2. The quantitative estimate of drug-likeness (QED) is 0.485. The number of hydrogen-bond acceptors (Lipinski definition) is 4.